The maximum atomic E-state index is 12.4. The summed E-state index contributed by atoms with van der Waals surface area (Å²) in [6, 6.07) is 4.36. The Morgan fingerprint density at radius 3 is 2.68 bits per heavy atom. The minimum atomic E-state index is -0.558. The lowest BCUT2D eigenvalue weighted by atomic mass is 10.1. The molecule has 0 radical (unpaired) electrons. The lowest BCUT2D eigenvalue weighted by molar-refractivity contribution is -0.384. The summed E-state index contributed by atoms with van der Waals surface area (Å²) in [6.45, 7) is 1.30. The molecule has 102 valence electrons. The standard InChI is InChI=1S/C11H14N4O3S/c12-13-10-8(2-1-3-9(10)15(17)18)11(16)14-4-6-19-7-5-14/h1-3,13H,4-7,12H2. The third-order valence-electron chi connectivity index (χ3n) is 2.91. The SMILES string of the molecule is NNc1c(C(=O)N2CCSCC2)cccc1[N+](=O)[O-]. The van der Waals surface area contributed by atoms with Crippen molar-refractivity contribution in [3.05, 3.63) is 33.9 Å². The molecule has 1 saturated heterocycles. The molecule has 0 aromatic heterocycles. The van der Waals surface area contributed by atoms with Gasteiger partial charge in [0.2, 0.25) is 0 Å². The van der Waals surface area contributed by atoms with Crippen molar-refractivity contribution in [3.63, 3.8) is 0 Å². The van der Waals surface area contributed by atoms with Crippen LogP contribution >= 0.6 is 11.8 Å². The number of carbonyl (C=O) groups is 1. The fourth-order valence-electron chi connectivity index (χ4n) is 1.96. The molecule has 8 heteroatoms. The van der Waals surface area contributed by atoms with Crippen LogP contribution in [0.2, 0.25) is 0 Å². The Labute approximate surface area is 114 Å². The number of hydrazine groups is 1. The Kier molecular flexibility index (Phi) is 4.23. The summed E-state index contributed by atoms with van der Waals surface area (Å²) in [7, 11) is 0. The summed E-state index contributed by atoms with van der Waals surface area (Å²) < 4.78 is 0. The van der Waals surface area contributed by atoms with Gasteiger partial charge in [-0.2, -0.15) is 11.8 Å². The van der Waals surface area contributed by atoms with E-state index in [1.54, 1.807) is 22.7 Å². The zero-order chi connectivity index (χ0) is 13.8. The van der Waals surface area contributed by atoms with Crippen molar-refractivity contribution in [1.29, 1.82) is 0 Å². The number of para-hydroxylation sites is 1. The summed E-state index contributed by atoms with van der Waals surface area (Å²) in [4.78, 5) is 24.4. The highest BCUT2D eigenvalue weighted by molar-refractivity contribution is 7.99. The van der Waals surface area contributed by atoms with Crippen molar-refractivity contribution in [2.75, 3.05) is 30.0 Å². The third kappa shape index (κ3) is 2.79. The molecule has 1 aromatic rings. The highest BCUT2D eigenvalue weighted by Crippen LogP contribution is 2.28. The first-order valence-electron chi connectivity index (χ1n) is 5.76. The quantitative estimate of drug-likeness (QED) is 0.488. The Hall–Kier alpha value is -1.80. The molecule has 0 saturated carbocycles. The predicted molar refractivity (Wildman–Crippen MR) is 74.1 cm³/mol. The van der Waals surface area contributed by atoms with Crippen molar-refractivity contribution in [1.82, 2.24) is 4.90 Å². The molecule has 1 aliphatic heterocycles. The van der Waals surface area contributed by atoms with Crippen LogP contribution in [0.15, 0.2) is 18.2 Å². The van der Waals surface area contributed by atoms with Gasteiger partial charge in [0.05, 0.1) is 10.5 Å². The molecule has 1 heterocycles. The van der Waals surface area contributed by atoms with Gasteiger partial charge in [0.1, 0.15) is 5.69 Å². The number of carbonyl (C=O) groups excluding carboxylic acids is 1. The number of nitrogens with two attached hydrogens (primary N) is 1. The van der Waals surface area contributed by atoms with E-state index in [9.17, 15) is 14.9 Å². The number of benzene rings is 1. The second-order valence-corrected chi connectivity index (χ2v) is 5.23. The number of nitrogens with zero attached hydrogens (tertiary/aromatic N) is 2. The molecule has 0 unspecified atom stereocenters. The Morgan fingerprint density at radius 1 is 1.42 bits per heavy atom. The molecule has 1 aliphatic rings. The van der Waals surface area contributed by atoms with Crippen molar-refractivity contribution >= 4 is 29.0 Å². The first-order valence-corrected chi connectivity index (χ1v) is 6.91. The molecule has 0 spiro atoms. The lowest BCUT2D eigenvalue weighted by Crippen LogP contribution is -2.38. The highest BCUT2D eigenvalue weighted by Gasteiger charge is 2.25. The Balaban J connectivity index is 2.35. The van der Waals surface area contributed by atoms with E-state index in [1.165, 1.54) is 12.1 Å². The van der Waals surface area contributed by atoms with Crippen molar-refractivity contribution in [2.24, 2.45) is 5.84 Å². The van der Waals surface area contributed by atoms with E-state index in [1.807, 2.05) is 0 Å². The van der Waals surface area contributed by atoms with Gasteiger partial charge in [-0.3, -0.25) is 20.8 Å². The first-order chi connectivity index (χ1) is 9.15. The minimum Gasteiger partial charge on any atom is -0.337 e. The van der Waals surface area contributed by atoms with E-state index in [4.69, 9.17) is 5.84 Å². The van der Waals surface area contributed by atoms with Gasteiger partial charge in [-0.25, -0.2) is 0 Å². The van der Waals surface area contributed by atoms with E-state index in [2.05, 4.69) is 5.43 Å². The summed E-state index contributed by atoms with van der Waals surface area (Å²) in [5.41, 5.74) is 2.38. The van der Waals surface area contributed by atoms with Gasteiger partial charge in [-0.05, 0) is 6.07 Å². The largest absolute Gasteiger partial charge is 0.337 e. The van der Waals surface area contributed by atoms with Gasteiger partial charge in [-0.1, -0.05) is 6.07 Å². The van der Waals surface area contributed by atoms with Crippen LogP contribution in [0.1, 0.15) is 10.4 Å². The maximum absolute atomic E-state index is 12.4. The van der Waals surface area contributed by atoms with Crippen LogP contribution in [0.3, 0.4) is 0 Å². The van der Waals surface area contributed by atoms with Crippen molar-refractivity contribution < 1.29 is 9.72 Å². The molecular weight excluding hydrogens is 268 g/mol. The number of thioether (sulfide) groups is 1. The maximum Gasteiger partial charge on any atom is 0.294 e. The number of nitrogen functional groups attached to an aromatic ring is 1. The van der Waals surface area contributed by atoms with Gasteiger partial charge in [-0.15, -0.1) is 0 Å². The third-order valence-corrected chi connectivity index (χ3v) is 3.85. The minimum absolute atomic E-state index is 0.0655. The molecule has 7 nitrogen and oxygen atoms in total. The van der Waals surface area contributed by atoms with Crippen LogP contribution in [-0.2, 0) is 0 Å². The number of nitro benzene ring substituents is 1. The second-order valence-electron chi connectivity index (χ2n) is 4.01. The molecule has 0 aliphatic carbocycles. The van der Waals surface area contributed by atoms with Crippen LogP contribution < -0.4 is 11.3 Å². The molecule has 19 heavy (non-hydrogen) atoms. The molecule has 0 bridgehead atoms. The zero-order valence-electron chi connectivity index (χ0n) is 10.2. The molecule has 1 amide bonds. The number of amides is 1. The lowest BCUT2D eigenvalue weighted by Gasteiger charge is -2.27. The Morgan fingerprint density at radius 2 is 2.11 bits per heavy atom. The monoisotopic (exact) mass is 282 g/mol. The summed E-state index contributed by atoms with van der Waals surface area (Å²) >= 11 is 1.79. The van der Waals surface area contributed by atoms with Crippen LogP contribution in [0, 0.1) is 10.1 Å². The zero-order valence-corrected chi connectivity index (χ0v) is 11.0. The molecular formula is C11H14N4O3S. The molecule has 1 aromatic carbocycles. The number of nitrogens with one attached hydrogen (secondary N) is 1. The first kappa shape index (κ1) is 13.6. The molecule has 0 atom stereocenters. The van der Waals surface area contributed by atoms with Crippen molar-refractivity contribution in [3.8, 4) is 0 Å². The van der Waals surface area contributed by atoms with Crippen LogP contribution in [-0.4, -0.2) is 40.3 Å². The van der Waals surface area contributed by atoms with E-state index in [0.29, 0.717) is 13.1 Å². The molecule has 2 rings (SSSR count). The van der Waals surface area contributed by atoms with Gasteiger partial charge >= 0.3 is 0 Å². The van der Waals surface area contributed by atoms with E-state index >= 15 is 0 Å². The van der Waals surface area contributed by atoms with E-state index in [0.717, 1.165) is 11.5 Å². The van der Waals surface area contributed by atoms with Gasteiger partial charge < -0.3 is 10.3 Å². The summed E-state index contributed by atoms with van der Waals surface area (Å²) in [6.07, 6.45) is 0. The van der Waals surface area contributed by atoms with Gasteiger partial charge in [0.15, 0.2) is 0 Å². The summed E-state index contributed by atoms with van der Waals surface area (Å²) in [5.74, 6) is 6.86. The molecule has 3 N–H and O–H groups in total. The Bertz CT molecular complexity index is 503. The number of hydrogen-bond acceptors (Lipinski definition) is 6. The van der Waals surface area contributed by atoms with Gasteiger partial charge in [0.25, 0.3) is 11.6 Å². The average molecular weight is 282 g/mol. The normalized spacial score (nSPS) is 15.1. The fourth-order valence-corrected chi connectivity index (χ4v) is 2.86. The van der Waals surface area contributed by atoms with Crippen LogP contribution in [0.5, 0.6) is 0 Å². The van der Waals surface area contributed by atoms with Gasteiger partial charge in [0, 0.05) is 30.7 Å². The summed E-state index contributed by atoms with van der Waals surface area (Å²) in [5, 5.41) is 10.9. The fraction of sp³-hybridized carbons (Fsp3) is 0.364. The predicted octanol–water partition coefficient (Wildman–Crippen LogP) is 1.07. The number of hydrogen-bond donors (Lipinski definition) is 2. The smallest absolute Gasteiger partial charge is 0.294 e. The van der Waals surface area contributed by atoms with Crippen LogP contribution in [0.25, 0.3) is 0 Å². The molecule has 1 fully saturated rings. The number of anilines is 1. The second kappa shape index (κ2) is 5.89. The highest BCUT2D eigenvalue weighted by atomic mass is 32.2. The van der Waals surface area contributed by atoms with E-state index in [-0.39, 0.29) is 22.8 Å². The van der Waals surface area contributed by atoms with E-state index < -0.39 is 4.92 Å². The number of rotatable bonds is 3. The average Bonchev–Trinajstić information content (AvgIpc) is 2.46. The van der Waals surface area contributed by atoms with Crippen molar-refractivity contribution in [2.45, 2.75) is 0 Å². The van der Waals surface area contributed by atoms with Crippen LogP contribution in [0.4, 0.5) is 11.4 Å². The topological polar surface area (TPSA) is 102 Å². The number of nitro groups is 1.